The second kappa shape index (κ2) is 11.0. The van der Waals surface area contributed by atoms with Gasteiger partial charge in [-0.3, -0.25) is 4.79 Å². The first kappa shape index (κ1) is 21.4. The van der Waals surface area contributed by atoms with Crippen LogP contribution < -0.4 is 0 Å². The van der Waals surface area contributed by atoms with Gasteiger partial charge in [-0.25, -0.2) is 0 Å². The average molecular weight is 315 g/mol. The maximum Gasteiger partial charge on any atom is 0.293 e. The van der Waals surface area contributed by atoms with Crippen LogP contribution in [0.4, 0.5) is 0 Å². The predicted octanol–water partition coefficient (Wildman–Crippen LogP) is 5.10. The van der Waals surface area contributed by atoms with Crippen molar-refractivity contribution in [3.63, 3.8) is 0 Å². The highest BCUT2D eigenvalue weighted by Gasteiger charge is 2.18. The molecule has 0 aliphatic heterocycles. The van der Waals surface area contributed by atoms with E-state index in [2.05, 4.69) is 34.6 Å². The van der Waals surface area contributed by atoms with Gasteiger partial charge in [-0.05, 0) is 36.5 Å². The Kier molecular flexibility index (Phi) is 10.8. The Morgan fingerprint density at radius 2 is 1.45 bits per heavy atom. The summed E-state index contributed by atoms with van der Waals surface area (Å²) < 4.78 is 4.85. The third kappa shape index (κ3) is 12.0. The molecule has 0 aliphatic rings. The fourth-order valence-corrected chi connectivity index (χ4v) is 2.62. The van der Waals surface area contributed by atoms with Crippen molar-refractivity contribution in [3.05, 3.63) is 0 Å². The van der Waals surface area contributed by atoms with E-state index in [1.807, 2.05) is 0 Å². The normalized spacial score (nSPS) is 13.9. The molecule has 1 atom stereocenters. The van der Waals surface area contributed by atoms with Gasteiger partial charge in [-0.15, -0.1) is 0 Å². The van der Waals surface area contributed by atoms with E-state index >= 15 is 0 Å². The highest BCUT2D eigenvalue weighted by atomic mass is 16.5. The molecule has 3 heteroatoms. The molecule has 0 fully saturated rings. The third-order valence-electron chi connectivity index (χ3n) is 4.78. The van der Waals surface area contributed by atoms with E-state index in [9.17, 15) is 9.90 Å². The average Bonchev–Trinajstić information content (AvgIpc) is 2.46. The molecule has 0 aliphatic carbocycles. The molecule has 22 heavy (non-hydrogen) atoms. The van der Waals surface area contributed by atoms with Crippen molar-refractivity contribution >= 4 is 6.47 Å². The number of aliphatic hydroxyl groups excluding tert-OH is 1. The topological polar surface area (TPSA) is 46.5 Å². The summed E-state index contributed by atoms with van der Waals surface area (Å²) in [6.45, 7) is 12.1. The Labute approximate surface area is 137 Å². The minimum Gasteiger partial charge on any atom is -0.467 e. The van der Waals surface area contributed by atoms with E-state index in [0.717, 1.165) is 38.5 Å². The van der Waals surface area contributed by atoms with Crippen molar-refractivity contribution in [2.45, 2.75) is 98.5 Å². The lowest BCUT2D eigenvalue weighted by molar-refractivity contribution is -0.131. The Morgan fingerprint density at radius 1 is 0.955 bits per heavy atom. The van der Waals surface area contributed by atoms with Gasteiger partial charge in [0, 0.05) is 0 Å². The summed E-state index contributed by atoms with van der Waals surface area (Å²) in [6, 6.07) is 0. The summed E-state index contributed by atoms with van der Waals surface area (Å²) in [5, 5.41) is 10.0. The van der Waals surface area contributed by atoms with Crippen LogP contribution in [-0.4, -0.2) is 24.3 Å². The first-order chi connectivity index (χ1) is 10.2. The van der Waals surface area contributed by atoms with Crippen LogP contribution in [-0.2, 0) is 9.53 Å². The van der Waals surface area contributed by atoms with Crippen LogP contribution in [0.15, 0.2) is 0 Å². The van der Waals surface area contributed by atoms with Crippen molar-refractivity contribution in [2.24, 2.45) is 10.8 Å². The standard InChI is InChI=1S/C19H38O3/c1-6-18(2,3)13-9-7-11-17(21)12-8-10-14-19(4,5)15-22-16-20/h16-17,21H,6-15H2,1-5H3. The molecule has 0 aromatic carbocycles. The molecule has 1 unspecified atom stereocenters. The quantitative estimate of drug-likeness (QED) is 0.358. The number of ether oxygens (including phenoxy) is 1. The molecule has 0 saturated heterocycles. The van der Waals surface area contributed by atoms with Gasteiger partial charge in [-0.1, -0.05) is 66.7 Å². The fraction of sp³-hybridized carbons (Fsp3) is 0.947. The lowest BCUT2D eigenvalue weighted by atomic mass is 9.84. The lowest BCUT2D eigenvalue weighted by Gasteiger charge is -2.23. The van der Waals surface area contributed by atoms with Gasteiger partial charge in [0.2, 0.25) is 0 Å². The zero-order valence-electron chi connectivity index (χ0n) is 15.5. The van der Waals surface area contributed by atoms with E-state index in [0.29, 0.717) is 18.5 Å². The van der Waals surface area contributed by atoms with Crippen molar-refractivity contribution in [1.29, 1.82) is 0 Å². The second-order valence-electron chi connectivity index (χ2n) is 8.23. The van der Waals surface area contributed by atoms with Crippen molar-refractivity contribution in [1.82, 2.24) is 0 Å². The van der Waals surface area contributed by atoms with Crippen LogP contribution >= 0.6 is 0 Å². The Hall–Kier alpha value is -0.570. The molecule has 0 amide bonds. The molecule has 132 valence electrons. The molecule has 0 spiro atoms. The Bertz CT molecular complexity index is 284. The van der Waals surface area contributed by atoms with Gasteiger partial charge in [0.25, 0.3) is 6.47 Å². The van der Waals surface area contributed by atoms with E-state index in [1.165, 1.54) is 19.3 Å². The van der Waals surface area contributed by atoms with Gasteiger partial charge < -0.3 is 9.84 Å². The molecule has 0 saturated carbocycles. The van der Waals surface area contributed by atoms with Crippen molar-refractivity contribution in [2.75, 3.05) is 6.61 Å². The number of hydrogen-bond donors (Lipinski definition) is 1. The summed E-state index contributed by atoms with van der Waals surface area (Å²) in [5.74, 6) is 0. The van der Waals surface area contributed by atoms with Crippen molar-refractivity contribution in [3.8, 4) is 0 Å². The highest BCUT2D eigenvalue weighted by Crippen LogP contribution is 2.28. The summed E-state index contributed by atoms with van der Waals surface area (Å²) in [6.07, 6.45) is 9.63. The van der Waals surface area contributed by atoms with Crippen LogP contribution in [0.5, 0.6) is 0 Å². The zero-order chi connectivity index (χ0) is 17.1. The Balaban J connectivity index is 3.61. The molecule has 0 bridgehead atoms. The van der Waals surface area contributed by atoms with Gasteiger partial charge in [0.15, 0.2) is 0 Å². The third-order valence-corrected chi connectivity index (χ3v) is 4.78. The number of unbranched alkanes of at least 4 members (excludes halogenated alkanes) is 2. The van der Waals surface area contributed by atoms with Gasteiger partial charge >= 0.3 is 0 Å². The molecule has 0 aromatic rings. The van der Waals surface area contributed by atoms with Crippen LogP contribution in [0.1, 0.15) is 92.4 Å². The summed E-state index contributed by atoms with van der Waals surface area (Å²) in [5.41, 5.74) is 0.484. The molecular formula is C19H38O3. The summed E-state index contributed by atoms with van der Waals surface area (Å²) >= 11 is 0. The largest absolute Gasteiger partial charge is 0.467 e. The van der Waals surface area contributed by atoms with E-state index in [1.54, 1.807) is 0 Å². The SMILES string of the molecule is CCC(C)(C)CCCCC(O)CCCCC(C)(C)COC=O. The lowest BCUT2D eigenvalue weighted by Crippen LogP contribution is -2.19. The summed E-state index contributed by atoms with van der Waals surface area (Å²) in [7, 11) is 0. The van der Waals surface area contributed by atoms with Gasteiger partial charge in [-0.2, -0.15) is 0 Å². The summed E-state index contributed by atoms with van der Waals surface area (Å²) in [4.78, 5) is 10.2. The minimum absolute atomic E-state index is 0.0393. The van der Waals surface area contributed by atoms with E-state index in [-0.39, 0.29) is 11.5 Å². The Morgan fingerprint density at radius 3 is 1.91 bits per heavy atom. The molecule has 0 heterocycles. The monoisotopic (exact) mass is 314 g/mol. The van der Waals surface area contributed by atoms with E-state index in [4.69, 9.17) is 4.74 Å². The highest BCUT2D eigenvalue weighted by molar-refractivity contribution is 5.36. The van der Waals surface area contributed by atoms with Crippen LogP contribution in [0, 0.1) is 10.8 Å². The van der Waals surface area contributed by atoms with Crippen molar-refractivity contribution < 1.29 is 14.6 Å². The fourth-order valence-electron chi connectivity index (χ4n) is 2.62. The van der Waals surface area contributed by atoms with Crippen LogP contribution in [0.2, 0.25) is 0 Å². The second-order valence-corrected chi connectivity index (χ2v) is 8.23. The molecule has 1 N–H and O–H groups in total. The number of carbonyl (C=O) groups is 1. The van der Waals surface area contributed by atoms with Crippen LogP contribution in [0.3, 0.4) is 0 Å². The predicted molar refractivity (Wildman–Crippen MR) is 92.8 cm³/mol. The maximum atomic E-state index is 10.2. The van der Waals surface area contributed by atoms with E-state index < -0.39 is 0 Å². The molecule has 3 nitrogen and oxygen atoms in total. The molecule has 0 radical (unpaired) electrons. The zero-order valence-corrected chi connectivity index (χ0v) is 15.5. The van der Waals surface area contributed by atoms with Gasteiger partial charge in [0.1, 0.15) is 0 Å². The smallest absolute Gasteiger partial charge is 0.293 e. The number of rotatable bonds is 14. The number of carbonyl (C=O) groups excluding carboxylic acids is 1. The van der Waals surface area contributed by atoms with Gasteiger partial charge in [0.05, 0.1) is 12.7 Å². The molecular weight excluding hydrogens is 276 g/mol. The molecule has 0 rings (SSSR count). The first-order valence-corrected chi connectivity index (χ1v) is 8.96. The maximum absolute atomic E-state index is 10.2. The number of aliphatic hydroxyl groups is 1. The molecule has 0 aromatic heterocycles. The van der Waals surface area contributed by atoms with Crippen LogP contribution in [0.25, 0.3) is 0 Å². The first-order valence-electron chi connectivity index (χ1n) is 8.96. The minimum atomic E-state index is -0.154. The number of hydrogen-bond acceptors (Lipinski definition) is 3.